The average molecular weight is 282 g/mol. The predicted molar refractivity (Wildman–Crippen MR) is 81.8 cm³/mol. The average Bonchev–Trinajstić information content (AvgIpc) is 2.23. The van der Waals surface area contributed by atoms with Crippen LogP contribution in [0.15, 0.2) is 35.5 Å². The van der Waals surface area contributed by atoms with Crippen molar-refractivity contribution >= 4 is 22.5 Å². The first-order valence-corrected chi connectivity index (χ1v) is 13.0. The minimum absolute atomic E-state index is 0.609. The number of hydrogen-bond acceptors (Lipinski definition) is 3. The summed E-state index contributed by atoms with van der Waals surface area (Å²) in [6.45, 7) is 12.7. The van der Waals surface area contributed by atoms with Crippen LogP contribution in [-0.2, 0) is 8.95 Å². The Hall–Kier alpha value is -1.08. The maximum Gasteiger partial charge on any atom is 0.278 e. The molecule has 100 valence electrons. The highest BCUT2D eigenvalue weighted by Crippen LogP contribution is 2.12. The minimum Gasteiger partial charge on any atom is -0.529 e. The molecule has 0 heterocycles. The van der Waals surface area contributed by atoms with Crippen LogP contribution in [0.25, 0.3) is 0 Å². The van der Waals surface area contributed by atoms with Crippen LogP contribution in [0.1, 0.15) is 5.56 Å². The molecule has 0 N–H and O–H groups in total. The summed E-state index contributed by atoms with van der Waals surface area (Å²) < 4.78 is 11.6. The highest BCUT2D eigenvalue weighted by atomic mass is 28.4. The van der Waals surface area contributed by atoms with Gasteiger partial charge in [-0.25, -0.2) is 0 Å². The molecule has 0 saturated carbocycles. The molecule has 0 aromatic heterocycles. The number of nitrogens with zero attached hydrogens (tertiary/aromatic N) is 1. The Kier molecular flexibility index (Phi) is 4.75. The van der Waals surface area contributed by atoms with Gasteiger partial charge in [0.05, 0.1) is 0 Å². The molecule has 0 amide bonds. The van der Waals surface area contributed by atoms with E-state index >= 15 is 0 Å². The third-order valence-corrected chi connectivity index (χ3v) is 3.27. The lowest BCUT2D eigenvalue weighted by atomic mass is 10.2. The number of benzene rings is 1. The van der Waals surface area contributed by atoms with E-state index in [1.807, 2.05) is 30.3 Å². The smallest absolute Gasteiger partial charge is 0.278 e. The molecule has 0 radical (unpaired) electrons. The fraction of sp³-hybridized carbons (Fsp3) is 0.462. The van der Waals surface area contributed by atoms with Gasteiger partial charge in [0.25, 0.3) is 8.32 Å². The Bertz CT molecular complexity index is 405. The number of hydrogen-bond donors (Lipinski definition) is 0. The van der Waals surface area contributed by atoms with E-state index in [1.165, 1.54) is 0 Å². The summed E-state index contributed by atoms with van der Waals surface area (Å²) in [5, 5.41) is 4.24. The normalized spacial score (nSPS) is 13.3. The van der Waals surface area contributed by atoms with Crippen molar-refractivity contribution in [2.75, 3.05) is 0 Å². The minimum atomic E-state index is -1.69. The SMILES string of the molecule is C[Si](C)(C)O/N=C(/O[Si](C)(C)C)c1ccccc1. The van der Waals surface area contributed by atoms with Crippen LogP contribution in [0.4, 0.5) is 0 Å². The zero-order valence-corrected chi connectivity index (χ0v) is 14.2. The van der Waals surface area contributed by atoms with Crippen LogP contribution in [-0.4, -0.2) is 22.5 Å². The van der Waals surface area contributed by atoms with E-state index in [4.69, 9.17) is 8.95 Å². The summed E-state index contributed by atoms with van der Waals surface area (Å²) in [7, 11) is -3.38. The first-order chi connectivity index (χ1) is 8.17. The van der Waals surface area contributed by atoms with E-state index in [1.54, 1.807) is 0 Å². The second-order valence-corrected chi connectivity index (χ2v) is 15.0. The summed E-state index contributed by atoms with van der Waals surface area (Å²) in [6.07, 6.45) is 0. The van der Waals surface area contributed by atoms with Crippen molar-refractivity contribution in [3.8, 4) is 0 Å². The molecule has 0 unspecified atom stereocenters. The molecule has 0 bridgehead atoms. The summed E-state index contributed by atoms with van der Waals surface area (Å²) >= 11 is 0. The van der Waals surface area contributed by atoms with Crippen molar-refractivity contribution in [3.63, 3.8) is 0 Å². The molecule has 1 rings (SSSR count). The number of rotatable bonds is 4. The zero-order chi connectivity index (χ0) is 13.8. The van der Waals surface area contributed by atoms with Crippen LogP contribution in [0.5, 0.6) is 0 Å². The Morgan fingerprint density at radius 2 is 1.44 bits per heavy atom. The Labute approximate surface area is 112 Å². The molecule has 1 aromatic carbocycles. The summed E-state index contributed by atoms with van der Waals surface area (Å²) in [4.78, 5) is 0. The third kappa shape index (κ3) is 6.02. The van der Waals surface area contributed by atoms with Crippen LogP contribution >= 0.6 is 0 Å². The monoisotopic (exact) mass is 281 g/mol. The molecule has 0 fully saturated rings. The summed E-state index contributed by atoms with van der Waals surface area (Å²) in [5.74, 6) is 0.609. The quantitative estimate of drug-likeness (QED) is 0.361. The molecule has 0 aliphatic heterocycles. The Balaban J connectivity index is 2.96. The van der Waals surface area contributed by atoms with Gasteiger partial charge in [-0.3, -0.25) is 0 Å². The molecule has 0 aliphatic carbocycles. The largest absolute Gasteiger partial charge is 0.529 e. The van der Waals surface area contributed by atoms with Gasteiger partial charge in [0.15, 0.2) is 0 Å². The second-order valence-electron chi connectivity index (χ2n) is 6.18. The maximum atomic E-state index is 6.01. The molecule has 0 atom stereocenters. The predicted octanol–water partition coefficient (Wildman–Crippen LogP) is 4.05. The van der Waals surface area contributed by atoms with E-state index in [2.05, 4.69) is 44.4 Å². The van der Waals surface area contributed by atoms with Crippen LogP contribution in [0, 0.1) is 0 Å². The van der Waals surface area contributed by atoms with Crippen LogP contribution in [0.3, 0.4) is 0 Å². The third-order valence-electron chi connectivity index (χ3n) is 1.83. The standard InChI is InChI=1S/C13H23NO2Si2/c1-17(2,3)15-13(14-16-18(4,5)6)12-10-8-7-9-11-12/h7-11H,1-6H3/b14-13+. The van der Waals surface area contributed by atoms with Gasteiger partial charge in [0.2, 0.25) is 14.2 Å². The van der Waals surface area contributed by atoms with Gasteiger partial charge in [-0.2, -0.15) is 0 Å². The summed E-state index contributed by atoms with van der Waals surface area (Å²) in [5.41, 5.74) is 0.971. The van der Waals surface area contributed by atoms with Gasteiger partial charge < -0.3 is 8.95 Å². The molecular weight excluding hydrogens is 258 g/mol. The zero-order valence-electron chi connectivity index (χ0n) is 12.2. The molecule has 0 spiro atoms. The fourth-order valence-electron chi connectivity index (χ4n) is 1.18. The molecule has 5 heteroatoms. The van der Waals surface area contributed by atoms with Crippen molar-refractivity contribution in [2.24, 2.45) is 5.16 Å². The van der Waals surface area contributed by atoms with E-state index in [0.717, 1.165) is 5.56 Å². The van der Waals surface area contributed by atoms with Gasteiger partial charge in [-0.1, -0.05) is 23.4 Å². The lowest BCUT2D eigenvalue weighted by Gasteiger charge is -2.22. The molecular formula is C13H23NO2Si2. The van der Waals surface area contributed by atoms with E-state index in [9.17, 15) is 0 Å². The van der Waals surface area contributed by atoms with Gasteiger partial charge in [-0.05, 0) is 51.4 Å². The van der Waals surface area contributed by atoms with Crippen molar-refractivity contribution in [1.82, 2.24) is 0 Å². The number of oxime groups is 1. The lowest BCUT2D eigenvalue weighted by Crippen LogP contribution is -2.31. The Morgan fingerprint density at radius 3 is 1.89 bits per heavy atom. The topological polar surface area (TPSA) is 30.8 Å². The van der Waals surface area contributed by atoms with Gasteiger partial charge in [-0.15, -0.1) is 0 Å². The van der Waals surface area contributed by atoms with E-state index in [-0.39, 0.29) is 0 Å². The second kappa shape index (κ2) is 5.71. The molecule has 1 aromatic rings. The fourth-order valence-corrected chi connectivity index (χ4v) is 2.27. The van der Waals surface area contributed by atoms with Crippen LogP contribution in [0.2, 0.25) is 39.3 Å². The summed E-state index contributed by atoms with van der Waals surface area (Å²) in [6, 6.07) is 9.92. The van der Waals surface area contributed by atoms with Gasteiger partial charge in [0.1, 0.15) is 0 Å². The molecule has 0 aliphatic rings. The Morgan fingerprint density at radius 1 is 0.889 bits per heavy atom. The van der Waals surface area contributed by atoms with Gasteiger partial charge >= 0.3 is 0 Å². The maximum absolute atomic E-state index is 6.01. The molecule has 18 heavy (non-hydrogen) atoms. The highest BCUT2D eigenvalue weighted by Gasteiger charge is 2.22. The van der Waals surface area contributed by atoms with Gasteiger partial charge in [0, 0.05) is 5.56 Å². The van der Waals surface area contributed by atoms with Crippen molar-refractivity contribution < 1.29 is 8.95 Å². The van der Waals surface area contributed by atoms with Crippen molar-refractivity contribution in [1.29, 1.82) is 0 Å². The van der Waals surface area contributed by atoms with Crippen LogP contribution < -0.4 is 0 Å². The van der Waals surface area contributed by atoms with Crippen molar-refractivity contribution in [3.05, 3.63) is 35.9 Å². The van der Waals surface area contributed by atoms with E-state index in [0.29, 0.717) is 5.90 Å². The molecule has 3 nitrogen and oxygen atoms in total. The first-order valence-electron chi connectivity index (χ1n) is 6.18. The van der Waals surface area contributed by atoms with Crippen molar-refractivity contribution in [2.45, 2.75) is 39.3 Å². The lowest BCUT2D eigenvalue weighted by molar-refractivity contribution is 0.320. The van der Waals surface area contributed by atoms with E-state index < -0.39 is 16.6 Å². The molecule has 0 saturated heterocycles. The highest BCUT2D eigenvalue weighted by molar-refractivity contribution is 6.71. The first kappa shape index (κ1) is 15.0.